The second kappa shape index (κ2) is 6.66. The van der Waals surface area contributed by atoms with Crippen LogP contribution in [0.25, 0.3) is 0 Å². The van der Waals surface area contributed by atoms with Crippen molar-refractivity contribution >= 4 is 28.2 Å². The summed E-state index contributed by atoms with van der Waals surface area (Å²) in [6.45, 7) is 0.0113. The topological polar surface area (TPSA) is 114 Å². The minimum Gasteiger partial charge on any atom is -0.467 e. The minimum absolute atomic E-state index is 0.123. The Labute approximate surface area is 122 Å². The lowest BCUT2D eigenvalue weighted by Crippen LogP contribution is -2.36. The van der Waals surface area contributed by atoms with Gasteiger partial charge in [-0.2, -0.15) is 0 Å². The summed E-state index contributed by atoms with van der Waals surface area (Å²) in [4.78, 5) is 33.3. The van der Waals surface area contributed by atoms with Gasteiger partial charge in [0.2, 0.25) is 5.91 Å². The van der Waals surface area contributed by atoms with Crippen molar-refractivity contribution in [1.82, 2.24) is 10.6 Å². The Hall–Kier alpha value is -2.68. The number of amides is 2. The van der Waals surface area contributed by atoms with Crippen molar-refractivity contribution in [2.75, 3.05) is 6.54 Å². The van der Waals surface area contributed by atoms with E-state index in [-0.39, 0.29) is 28.9 Å². The number of nitrogens with zero attached hydrogens (tertiary/aromatic N) is 1. The summed E-state index contributed by atoms with van der Waals surface area (Å²) in [5.41, 5.74) is 0. The van der Waals surface area contributed by atoms with Gasteiger partial charge in [0.05, 0.1) is 29.2 Å². The normalized spacial score (nSPS) is 10.1. The van der Waals surface area contributed by atoms with Gasteiger partial charge in [-0.05, 0) is 18.2 Å². The quantitative estimate of drug-likeness (QED) is 0.616. The van der Waals surface area contributed by atoms with Crippen LogP contribution in [0.15, 0.2) is 34.9 Å². The van der Waals surface area contributed by atoms with Crippen LogP contribution in [0.4, 0.5) is 5.00 Å². The van der Waals surface area contributed by atoms with Gasteiger partial charge in [-0.15, -0.1) is 0 Å². The number of carbonyl (C=O) groups is 2. The molecule has 0 aliphatic heterocycles. The Morgan fingerprint density at radius 3 is 2.71 bits per heavy atom. The third-order valence-corrected chi connectivity index (χ3v) is 3.48. The Kier molecular flexibility index (Phi) is 4.67. The van der Waals surface area contributed by atoms with Crippen molar-refractivity contribution in [3.8, 4) is 0 Å². The largest absolute Gasteiger partial charge is 0.467 e. The van der Waals surface area contributed by atoms with Gasteiger partial charge in [-0.1, -0.05) is 11.3 Å². The lowest BCUT2D eigenvalue weighted by Gasteiger charge is -2.04. The summed E-state index contributed by atoms with van der Waals surface area (Å²) in [5, 5.41) is 15.3. The van der Waals surface area contributed by atoms with Gasteiger partial charge in [0, 0.05) is 6.07 Å². The van der Waals surface area contributed by atoms with Crippen LogP contribution in [0.3, 0.4) is 0 Å². The maximum atomic E-state index is 11.7. The molecule has 0 aromatic carbocycles. The third-order valence-electron chi connectivity index (χ3n) is 2.44. The van der Waals surface area contributed by atoms with E-state index < -0.39 is 10.8 Å². The molecule has 0 aliphatic rings. The number of nitrogens with one attached hydrogen (secondary N) is 2. The summed E-state index contributed by atoms with van der Waals surface area (Å²) in [6.07, 6.45) is 1.49. The van der Waals surface area contributed by atoms with Crippen molar-refractivity contribution in [1.29, 1.82) is 0 Å². The highest BCUT2D eigenvalue weighted by Gasteiger charge is 2.15. The second-order valence-electron chi connectivity index (χ2n) is 3.93. The van der Waals surface area contributed by atoms with E-state index in [1.54, 1.807) is 12.1 Å². The second-order valence-corrected chi connectivity index (χ2v) is 5.00. The molecule has 2 rings (SSSR count). The van der Waals surface area contributed by atoms with Crippen LogP contribution >= 0.6 is 11.3 Å². The summed E-state index contributed by atoms with van der Waals surface area (Å²) in [6, 6.07) is 6.01. The minimum atomic E-state index is -0.572. The first-order valence-corrected chi connectivity index (χ1v) is 6.69. The molecule has 0 bridgehead atoms. The van der Waals surface area contributed by atoms with Crippen molar-refractivity contribution in [3.05, 3.63) is 51.3 Å². The van der Waals surface area contributed by atoms with Crippen LogP contribution in [-0.4, -0.2) is 23.3 Å². The van der Waals surface area contributed by atoms with Crippen molar-refractivity contribution in [2.45, 2.75) is 6.54 Å². The molecule has 9 heteroatoms. The predicted molar refractivity (Wildman–Crippen MR) is 73.9 cm³/mol. The fourth-order valence-electron chi connectivity index (χ4n) is 1.46. The predicted octanol–water partition coefficient (Wildman–Crippen LogP) is 1.30. The molecule has 0 saturated carbocycles. The molecule has 0 radical (unpaired) electrons. The highest BCUT2D eigenvalue weighted by Crippen LogP contribution is 2.23. The average Bonchev–Trinajstić information content (AvgIpc) is 3.12. The molecule has 21 heavy (non-hydrogen) atoms. The Bertz CT molecular complexity index is 650. The van der Waals surface area contributed by atoms with Gasteiger partial charge >= 0.3 is 5.00 Å². The van der Waals surface area contributed by atoms with Crippen LogP contribution < -0.4 is 10.6 Å². The van der Waals surface area contributed by atoms with E-state index in [0.29, 0.717) is 5.76 Å². The molecule has 0 saturated heterocycles. The number of nitro groups is 1. The van der Waals surface area contributed by atoms with Crippen LogP contribution in [0.1, 0.15) is 15.4 Å². The molecule has 2 amide bonds. The molecule has 0 fully saturated rings. The fraction of sp³-hybridized carbons (Fsp3) is 0.167. The van der Waals surface area contributed by atoms with E-state index in [4.69, 9.17) is 4.42 Å². The zero-order valence-electron chi connectivity index (χ0n) is 10.7. The first-order chi connectivity index (χ1) is 10.1. The third kappa shape index (κ3) is 4.14. The van der Waals surface area contributed by atoms with E-state index in [0.717, 1.165) is 11.3 Å². The lowest BCUT2D eigenvalue weighted by atomic mass is 10.4. The fourth-order valence-corrected chi connectivity index (χ4v) is 2.19. The van der Waals surface area contributed by atoms with Gasteiger partial charge < -0.3 is 15.1 Å². The molecule has 2 aromatic rings. The Morgan fingerprint density at radius 1 is 1.29 bits per heavy atom. The molecular formula is C12H11N3O5S. The van der Waals surface area contributed by atoms with Crippen molar-refractivity contribution < 1.29 is 18.9 Å². The van der Waals surface area contributed by atoms with Crippen LogP contribution in [0, 0.1) is 10.1 Å². The zero-order valence-corrected chi connectivity index (χ0v) is 11.5. The van der Waals surface area contributed by atoms with E-state index in [1.165, 1.54) is 18.4 Å². The van der Waals surface area contributed by atoms with E-state index in [2.05, 4.69) is 10.6 Å². The molecule has 0 spiro atoms. The van der Waals surface area contributed by atoms with E-state index in [9.17, 15) is 19.7 Å². The molecular weight excluding hydrogens is 298 g/mol. The highest BCUT2D eigenvalue weighted by atomic mass is 32.1. The molecule has 2 heterocycles. The van der Waals surface area contributed by atoms with E-state index in [1.807, 2.05) is 0 Å². The van der Waals surface area contributed by atoms with E-state index >= 15 is 0 Å². The molecule has 8 nitrogen and oxygen atoms in total. The van der Waals surface area contributed by atoms with Crippen molar-refractivity contribution in [3.63, 3.8) is 0 Å². The lowest BCUT2D eigenvalue weighted by molar-refractivity contribution is -0.380. The summed E-state index contributed by atoms with van der Waals surface area (Å²) in [5.74, 6) is -0.310. The Morgan fingerprint density at radius 2 is 2.10 bits per heavy atom. The van der Waals surface area contributed by atoms with Gasteiger partial charge in [-0.25, -0.2) is 0 Å². The smallest absolute Gasteiger partial charge is 0.324 e. The molecule has 2 N–H and O–H groups in total. The molecule has 0 atom stereocenters. The van der Waals surface area contributed by atoms with Gasteiger partial charge in [0.25, 0.3) is 5.91 Å². The number of hydrogen-bond donors (Lipinski definition) is 2. The van der Waals surface area contributed by atoms with Gasteiger partial charge in [0.1, 0.15) is 5.76 Å². The van der Waals surface area contributed by atoms with Crippen molar-refractivity contribution in [2.24, 2.45) is 0 Å². The van der Waals surface area contributed by atoms with Gasteiger partial charge in [-0.3, -0.25) is 19.7 Å². The molecule has 0 unspecified atom stereocenters. The first kappa shape index (κ1) is 14.7. The number of furan rings is 1. The molecule has 2 aromatic heterocycles. The van der Waals surface area contributed by atoms with Crippen LogP contribution in [-0.2, 0) is 11.3 Å². The summed E-state index contributed by atoms with van der Waals surface area (Å²) < 4.78 is 5.04. The SMILES string of the molecule is O=C(CNC(=O)c1ccc([N+](=O)[O-])s1)NCc1ccco1. The molecule has 110 valence electrons. The monoisotopic (exact) mass is 309 g/mol. The average molecular weight is 309 g/mol. The highest BCUT2D eigenvalue weighted by molar-refractivity contribution is 7.17. The zero-order chi connectivity index (χ0) is 15.2. The van der Waals surface area contributed by atoms with Crippen LogP contribution in [0.5, 0.6) is 0 Å². The first-order valence-electron chi connectivity index (χ1n) is 5.88. The number of rotatable bonds is 6. The number of carbonyl (C=O) groups excluding carboxylic acids is 2. The number of thiophene rings is 1. The maximum absolute atomic E-state index is 11.7. The standard InChI is InChI=1S/C12H11N3O5S/c16-10(13-6-8-2-1-5-20-8)7-14-12(17)9-3-4-11(21-9)15(18)19/h1-5H,6-7H2,(H,13,16)(H,14,17). The summed E-state index contributed by atoms with van der Waals surface area (Å²) >= 11 is 0.754. The van der Waals surface area contributed by atoms with Gasteiger partial charge in [0.15, 0.2) is 0 Å². The van der Waals surface area contributed by atoms with Crippen LogP contribution in [0.2, 0.25) is 0 Å². The number of hydrogen-bond acceptors (Lipinski definition) is 6. The molecule has 0 aliphatic carbocycles. The summed E-state index contributed by atoms with van der Waals surface area (Å²) in [7, 11) is 0. The maximum Gasteiger partial charge on any atom is 0.324 e. The Balaban J connectivity index is 1.77.